The summed E-state index contributed by atoms with van der Waals surface area (Å²) in [5, 5.41) is 1.48. The molecule has 0 unspecified atom stereocenters. The van der Waals surface area contributed by atoms with E-state index in [9.17, 15) is 13.2 Å². The van der Waals surface area contributed by atoms with Gasteiger partial charge in [0.1, 0.15) is 0 Å². The van der Waals surface area contributed by atoms with Gasteiger partial charge in [-0.1, -0.05) is 52.0 Å². The highest BCUT2D eigenvalue weighted by Crippen LogP contribution is 2.43. The first-order valence-electron chi connectivity index (χ1n) is 7.74. The fraction of sp³-hybridized carbons (Fsp3) is 0.389. The maximum absolute atomic E-state index is 12.9. The molecule has 0 saturated heterocycles. The Morgan fingerprint density at radius 3 is 2.35 bits per heavy atom. The van der Waals surface area contributed by atoms with Gasteiger partial charge in [0.25, 0.3) is 10.0 Å². The van der Waals surface area contributed by atoms with E-state index in [1.54, 1.807) is 31.2 Å². The third-order valence-corrected chi connectivity index (χ3v) is 5.88. The van der Waals surface area contributed by atoms with Crippen molar-refractivity contribution >= 4 is 32.4 Å². The van der Waals surface area contributed by atoms with Crippen LogP contribution in [0.2, 0.25) is 0 Å². The maximum atomic E-state index is 12.9. The van der Waals surface area contributed by atoms with E-state index >= 15 is 0 Å². The second-order valence-corrected chi connectivity index (χ2v) is 9.16. The van der Waals surface area contributed by atoms with Gasteiger partial charge >= 0.3 is 0 Å². The number of anilines is 1. The normalized spacial score (nSPS) is 17.5. The van der Waals surface area contributed by atoms with Crippen LogP contribution in [0.1, 0.15) is 34.1 Å². The van der Waals surface area contributed by atoms with E-state index in [-0.39, 0.29) is 22.1 Å². The lowest BCUT2D eigenvalue weighted by Gasteiger charge is -2.26. The quantitative estimate of drug-likeness (QED) is 0.837. The van der Waals surface area contributed by atoms with Crippen LogP contribution in [0.3, 0.4) is 0 Å². The van der Waals surface area contributed by atoms with E-state index < -0.39 is 10.0 Å². The topological polar surface area (TPSA) is 54.5 Å². The molecule has 0 spiro atoms. The Morgan fingerprint density at radius 1 is 1.13 bits per heavy atom. The van der Waals surface area contributed by atoms with Crippen molar-refractivity contribution in [2.24, 2.45) is 11.3 Å². The highest BCUT2D eigenvalue weighted by molar-refractivity contribution is 7.94. The van der Waals surface area contributed by atoms with Crippen molar-refractivity contribution in [2.45, 2.75) is 39.0 Å². The molecule has 0 bridgehead atoms. The molecule has 2 aromatic rings. The molecule has 1 amide bonds. The molecule has 0 aromatic heterocycles. The van der Waals surface area contributed by atoms with Crippen molar-refractivity contribution < 1.29 is 13.2 Å². The van der Waals surface area contributed by atoms with Crippen LogP contribution in [0.25, 0.3) is 10.8 Å². The molecule has 1 heterocycles. The minimum atomic E-state index is -3.81. The van der Waals surface area contributed by atoms with Gasteiger partial charge in [0.15, 0.2) is 0 Å². The van der Waals surface area contributed by atoms with Crippen LogP contribution in [0.5, 0.6) is 0 Å². The summed E-state index contributed by atoms with van der Waals surface area (Å²) in [6.45, 7) is 7.94. The highest BCUT2D eigenvalue weighted by atomic mass is 32.2. The summed E-state index contributed by atoms with van der Waals surface area (Å²) < 4.78 is 26.8. The third-order valence-electron chi connectivity index (χ3n) is 4.12. The largest absolute Gasteiger partial charge is 0.273 e. The summed E-state index contributed by atoms with van der Waals surface area (Å²) in [4.78, 5) is 13.1. The molecule has 1 aliphatic rings. The van der Waals surface area contributed by atoms with Gasteiger partial charge in [-0.15, -0.1) is 0 Å². The lowest BCUT2D eigenvalue weighted by Crippen LogP contribution is -2.38. The number of nitrogens with zero attached hydrogens (tertiary/aromatic N) is 1. The Labute approximate surface area is 137 Å². The highest BCUT2D eigenvalue weighted by Gasteiger charge is 2.41. The second kappa shape index (κ2) is 5.06. The van der Waals surface area contributed by atoms with Crippen molar-refractivity contribution in [3.8, 4) is 0 Å². The molecule has 4 nitrogen and oxygen atoms in total. The molecule has 3 rings (SSSR count). The predicted octanol–water partition coefficient (Wildman–Crippen LogP) is 3.95. The average Bonchev–Trinajstić information content (AvgIpc) is 2.67. The van der Waals surface area contributed by atoms with Crippen LogP contribution in [0, 0.1) is 11.3 Å². The van der Waals surface area contributed by atoms with Crippen molar-refractivity contribution in [2.75, 3.05) is 4.31 Å². The van der Waals surface area contributed by atoms with E-state index in [0.717, 1.165) is 9.69 Å². The number of sulfonamides is 1. The molecule has 0 saturated carbocycles. The first-order valence-corrected chi connectivity index (χ1v) is 9.18. The molecular formula is C18H21NO3S. The number of amides is 1. The molecule has 0 fully saturated rings. The van der Waals surface area contributed by atoms with Crippen LogP contribution < -0.4 is 4.31 Å². The van der Waals surface area contributed by atoms with Crippen LogP contribution in [0.15, 0.2) is 41.3 Å². The molecule has 122 valence electrons. The second-order valence-electron chi connectivity index (χ2n) is 7.40. The monoisotopic (exact) mass is 331 g/mol. The molecule has 2 aromatic carbocycles. The lowest BCUT2D eigenvalue weighted by molar-refractivity contribution is -0.121. The molecular weight excluding hydrogens is 310 g/mol. The Bertz CT molecular complexity index is 889. The summed E-state index contributed by atoms with van der Waals surface area (Å²) in [6.07, 6.45) is 0.629. The molecule has 0 radical (unpaired) electrons. The van der Waals surface area contributed by atoms with Gasteiger partial charge in [-0.25, -0.2) is 12.7 Å². The van der Waals surface area contributed by atoms with Crippen LogP contribution in [0.4, 0.5) is 5.69 Å². The maximum Gasteiger partial charge on any atom is 0.271 e. The third kappa shape index (κ3) is 2.53. The van der Waals surface area contributed by atoms with Gasteiger partial charge in [-0.2, -0.15) is 0 Å². The molecule has 23 heavy (non-hydrogen) atoms. The van der Waals surface area contributed by atoms with Crippen LogP contribution in [-0.2, 0) is 14.8 Å². The van der Waals surface area contributed by atoms with Gasteiger partial charge in [-0.05, 0) is 29.4 Å². The van der Waals surface area contributed by atoms with E-state index in [1.165, 1.54) is 0 Å². The Morgan fingerprint density at radius 2 is 1.74 bits per heavy atom. The smallest absolute Gasteiger partial charge is 0.271 e. The zero-order chi connectivity index (χ0) is 17.0. The van der Waals surface area contributed by atoms with Crippen molar-refractivity contribution in [3.05, 3.63) is 36.4 Å². The van der Waals surface area contributed by atoms with Crippen molar-refractivity contribution in [3.63, 3.8) is 0 Å². The zero-order valence-corrected chi connectivity index (χ0v) is 14.6. The van der Waals surface area contributed by atoms with Crippen LogP contribution >= 0.6 is 0 Å². The van der Waals surface area contributed by atoms with Crippen molar-refractivity contribution in [1.29, 1.82) is 0 Å². The van der Waals surface area contributed by atoms with Crippen molar-refractivity contribution in [1.82, 2.24) is 0 Å². The molecule has 0 aliphatic carbocycles. The number of carbonyl (C=O) groups is 1. The number of benzene rings is 2. The molecule has 1 atom stereocenters. The zero-order valence-electron chi connectivity index (χ0n) is 13.8. The lowest BCUT2D eigenvalue weighted by atomic mass is 9.85. The van der Waals surface area contributed by atoms with Gasteiger partial charge < -0.3 is 0 Å². The first kappa shape index (κ1) is 16.0. The molecule has 1 aliphatic heterocycles. The Hall–Kier alpha value is -1.88. The number of hydrogen-bond donors (Lipinski definition) is 0. The van der Waals surface area contributed by atoms with E-state index in [0.29, 0.717) is 17.5 Å². The molecule has 0 N–H and O–H groups in total. The summed E-state index contributed by atoms with van der Waals surface area (Å²) in [5.74, 6) is -0.724. The fourth-order valence-electron chi connectivity index (χ4n) is 3.34. The average molecular weight is 331 g/mol. The van der Waals surface area contributed by atoms with Gasteiger partial charge in [0.05, 0.1) is 10.6 Å². The molecule has 5 heteroatoms. The number of carbonyl (C=O) groups excluding carboxylic acids is 1. The van der Waals surface area contributed by atoms with Gasteiger partial charge in [0.2, 0.25) is 5.91 Å². The number of hydrogen-bond acceptors (Lipinski definition) is 3. The van der Waals surface area contributed by atoms with E-state index in [1.807, 2.05) is 32.9 Å². The number of rotatable bonds is 2. The summed E-state index contributed by atoms with van der Waals surface area (Å²) >= 11 is 0. The minimum Gasteiger partial charge on any atom is -0.273 e. The van der Waals surface area contributed by atoms with E-state index in [4.69, 9.17) is 0 Å². The fourth-order valence-corrected chi connectivity index (χ4v) is 5.10. The minimum absolute atomic E-state index is 0.0442. The summed E-state index contributed by atoms with van der Waals surface area (Å²) in [6, 6.07) is 10.5. The summed E-state index contributed by atoms with van der Waals surface area (Å²) in [7, 11) is -3.81. The van der Waals surface area contributed by atoms with Crippen LogP contribution in [-0.4, -0.2) is 14.3 Å². The predicted molar refractivity (Wildman–Crippen MR) is 91.9 cm³/mol. The van der Waals surface area contributed by atoms with E-state index in [2.05, 4.69) is 0 Å². The first-order chi connectivity index (χ1) is 10.6. The Balaban J connectivity index is 2.12. The summed E-state index contributed by atoms with van der Waals surface area (Å²) in [5.41, 5.74) is 0.432. The van der Waals surface area contributed by atoms with Gasteiger partial charge in [-0.3, -0.25) is 4.79 Å². The standard InChI is InChI=1S/C18H21NO3S/c1-12(11-18(2,3)4)17(20)19-14-9-5-7-13-8-6-10-15(16(13)14)23(19,21)22/h5-10,12H,11H2,1-4H3/t12-/m0/s1. The van der Waals surface area contributed by atoms with Gasteiger partial charge in [0, 0.05) is 11.3 Å². The SMILES string of the molecule is C[C@@H](CC(C)(C)C)C(=O)N1c2cccc3cccc(c23)S1(=O)=O. The Kier molecular flexibility index (Phi) is 3.52.